The van der Waals surface area contributed by atoms with E-state index in [1.54, 1.807) is 12.1 Å². The van der Waals surface area contributed by atoms with E-state index in [0.717, 1.165) is 22.6 Å². The van der Waals surface area contributed by atoms with Crippen molar-refractivity contribution in [2.75, 3.05) is 13.2 Å². The molecule has 1 aliphatic rings. The van der Waals surface area contributed by atoms with Gasteiger partial charge >= 0.3 is 0 Å². The normalized spacial score (nSPS) is 14.8. The lowest BCUT2D eigenvalue weighted by molar-refractivity contribution is 0.171. The molecule has 21 heavy (non-hydrogen) atoms. The van der Waals surface area contributed by atoms with Gasteiger partial charge in [0.25, 0.3) is 0 Å². The molecule has 0 radical (unpaired) electrons. The quantitative estimate of drug-likeness (QED) is 0.934. The van der Waals surface area contributed by atoms with Gasteiger partial charge in [0.05, 0.1) is 0 Å². The average molecular weight is 287 g/mol. The summed E-state index contributed by atoms with van der Waals surface area (Å²) in [7, 11) is 0. The summed E-state index contributed by atoms with van der Waals surface area (Å²) < 4.78 is 24.3. The van der Waals surface area contributed by atoms with E-state index in [1.165, 1.54) is 6.07 Å². The Bertz CT molecular complexity index is 630. The fourth-order valence-electron chi connectivity index (χ4n) is 2.36. The average Bonchev–Trinajstić information content (AvgIpc) is 2.52. The first-order valence-corrected chi connectivity index (χ1v) is 7.10. The van der Waals surface area contributed by atoms with Gasteiger partial charge in [-0.15, -0.1) is 0 Å². The Labute approximate surface area is 123 Å². The highest BCUT2D eigenvalue weighted by atomic mass is 19.1. The van der Waals surface area contributed by atoms with Crippen LogP contribution in [0.3, 0.4) is 0 Å². The van der Waals surface area contributed by atoms with Crippen molar-refractivity contribution in [1.29, 1.82) is 0 Å². The number of nitrogens with one attached hydrogen (secondary N) is 1. The molecule has 0 bridgehead atoms. The molecule has 1 heterocycles. The molecule has 0 saturated carbocycles. The van der Waals surface area contributed by atoms with E-state index < -0.39 is 0 Å². The van der Waals surface area contributed by atoms with Crippen molar-refractivity contribution in [3.05, 3.63) is 59.4 Å². The van der Waals surface area contributed by atoms with Gasteiger partial charge in [0.2, 0.25) is 0 Å². The molecule has 3 rings (SSSR count). The minimum Gasteiger partial charge on any atom is -0.486 e. The lowest BCUT2D eigenvalue weighted by Crippen LogP contribution is -2.19. The SMILES string of the molecule is CC(NCc1ccc2c(c1)OCCO2)c1cccc(F)c1. The Hall–Kier alpha value is -2.07. The van der Waals surface area contributed by atoms with Crippen LogP contribution in [0.2, 0.25) is 0 Å². The molecule has 1 unspecified atom stereocenters. The number of benzene rings is 2. The second-order valence-electron chi connectivity index (χ2n) is 5.14. The molecule has 1 N–H and O–H groups in total. The smallest absolute Gasteiger partial charge is 0.161 e. The van der Waals surface area contributed by atoms with E-state index in [2.05, 4.69) is 5.32 Å². The predicted octanol–water partition coefficient (Wildman–Crippen LogP) is 3.45. The van der Waals surface area contributed by atoms with E-state index in [1.807, 2.05) is 31.2 Å². The predicted molar refractivity (Wildman–Crippen MR) is 79.1 cm³/mol. The van der Waals surface area contributed by atoms with Crippen molar-refractivity contribution < 1.29 is 13.9 Å². The van der Waals surface area contributed by atoms with Gasteiger partial charge in [-0.1, -0.05) is 18.2 Å². The highest BCUT2D eigenvalue weighted by Gasteiger charge is 2.12. The standard InChI is InChI=1S/C17H18FNO2/c1-12(14-3-2-4-15(18)10-14)19-11-13-5-6-16-17(9-13)21-8-7-20-16/h2-6,9-10,12,19H,7-8,11H2,1H3. The molecule has 4 heteroatoms. The third-order valence-corrected chi connectivity index (χ3v) is 3.57. The zero-order valence-corrected chi connectivity index (χ0v) is 11.9. The number of halogens is 1. The fourth-order valence-corrected chi connectivity index (χ4v) is 2.36. The van der Waals surface area contributed by atoms with Crippen molar-refractivity contribution in [3.63, 3.8) is 0 Å². The Morgan fingerprint density at radius 3 is 2.71 bits per heavy atom. The van der Waals surface area contributed by atoms with Crippen LogP contribution < -0.4 is 14.8 Å². The van der Waals surface area contributed by atoms with Crippen molar-refractivity contribution in [3.8, 4) is 11.5 Å². The van der Waals surface area contributed by atoms with Crippen LogP contribution in [0, 0.1) is 5.82 Å². The van der Waals surface area contributed by atoms with Gasteiger partial charge in [-0.25, -0.2) is 4.39 Å². The maximum absolute atomic E-state index is 13.2. The molecular formula is C17H18FNO2. The third kappa shape index (κ3) is 3.34. The number of hydrogen-bond acceptors (Lipinski definition) is 3. The molecule has 0 fully saturated rings. The second kappa shape index (κ2) is 6.14. The van der Waals surface area contributed by atoms with Crippen LogP contribution >= 0.6 is 0 Å². The van der Waals surface area contributed by atoms with Crippen molar-refractivity contribution in [1.82, 2.24) is 5.32 Å². The molecule has 0 aromatic heterocycles. The van der Waals surface area contributed by atoms with Crippen LogP contribution in [0.15, 0.2) is 42.5 Å². The zero-order valence-electron chi connectivity index (χ0n) is 11.9. The molecule has 0 saturated heterocycles. The Balaban J connectivity index is 1.64. The summed E-state index contributed by atoms with van der Waals surface area (Å²) in [6.45, 7) is 3.89. The summed E-state index contributed by atoms with van der Waals surface area (Å²) in [5, 5.41) is 3.39. The van der Waals surface area contributed by atoms with Gasteiger partial charge in [0.1, 0.15) is 19.0 Å². The topological polar surface area (TPSA) is 30.5 Å². The lowest BCUT2D eigenvalue weighted by Gasteiger charge is -2.20. The van der Waals surface area contributed by atoms with E-state index in [4.69, 9.17) is 9.47 Å². The Morgan fingerprint density at radius 1 is 1.10 bits per heavy atom. The molecule has 0 amide bonds. The van der Waals surface area contributed by atoms with Crippen LogP contribution in [-0.4, -0.2) is 13.2 Å². The summed E-state index contributed by atoms with van der Waals surface area (Å²) in [4.78, 5) is 0. The van der Waals surface area contributed by atoms with E-state index in [-0.39, 0.29) is 11.9 Å². The van der Waals surface area contributed by atoms with Gasteiger partial charge in [0.15, 0.2) is 11.5 Å². The molecule has 2 aromatic carbocycles. The largest absolute Gasteiger partial charge is 0.486 e. The van der Waals surface area contributed by atoms with Gasteiger partial charge in [-0.05, 0) is 42.3 Å². The first-order chi connectivity index (χ1) is 10.2. The fraction of sp³-hybridized carbons (Fsp3) is 0.294. The van der Waals surface area contributed by atoms with Crippen LogP contribution in [0.25, 0.3) is 0 Å². The Kier molecular flexibility index (Phi) is 4.06. The summed E-state index contributed by atoms with van der Waals surface area (Å²) in [5.41, 5.74) is 2.05. The van der Waals surface area contributed by atoms with E-state index in [9.17, 15) is 4.39 Å². The molecule has 1 atom stereocenters. The van der Waals surface area contributed by atoms with Crippen molar-refractivity contribution >= 4 is 0 Å². The summed E-state index contributed by atoms with van der Waals surface area (Å²) >= 11 is 0. The molecule has 1 aliphatic heterocycles. The first-order valence-electron chi connectivity index (χ1n) is 7.10. The maximum Gasteiger partial charge on any atom is 0.161 e. The Morgan fingerprint density at radius 2 is 1.90 bits per heavy atom. The number of fused-ring (bicyclic) bond motifs is 1. The molecule has 3 nitrogen and oxygen atoms in total. The molecule has 0 aliphatic carbocycles. The van der Waals surface area contributed by atoms with Crippen molar-refractivity contribution in [2.24, 2.45) is 0 Å². The minimum absolute atomic E-state index is 0.0777. The summed E-state index contributed by atoms with van der Waals surface area (Å²) in [5.74, 6) is 1.38. The van der Waals surface area contributed by atoms with Gasteiger partial charge in [0, 0.05) is 12.6 Å². The highest BCUT2D eigenvalue weighted by molar-refractivity contribution is 5.43. The van der Waals surface area contributed by atoms with Crippen LogP contribution in [-0.2, 0) is 6.54 Å². The highest BCUT2D eigenvalue weighted by Crippen LogP contribution is 2.30. The van der Waals surface area contributed by atoms with Gasteiger partial charge in [-0.3, -0.25) is 0 Å². The summed E-state index contributed by atoms with van der Waals surface area (Å²) in [6, 6.07) is 12.7. The van der Waals surface area contributed by atoms with Crippen LogP contribution in [0.5, 0.6) is 11.5 Å². The second-order valence-corrected chi connectivity index (χ2v) is 5.14. The van der Waals surface area contributed by atoms with Gasteiger partial charge in [-0.2, -0.15) is 0 Å². The van der Waals surface area contributed by atoms with E-state index >= 15 is 0 Å². The lowest BCUT2D eigenvalue weighted by atomic mass is 10.1. The minimum atomic E-state index is -0.208. The maximum atomic E-state index is 13.2. The third-order valence-electron chi connectivity index (χ3n) is 3.57. The molecule has 2 aromatic rings. The number of rotatable bonds is 4. The zero-order chi connectivity index (χ0) is 14.7. The van der Waals surface area contributed by atoms with Gasteiger partial charge < -0.3 is 14.8 Å². The molecule has 0 spiro atoms. The number of hydrogen-bond donors (Lipinski definition) is 1. The van der Waals surface area contributed by atoms with E-state index in [0.29, 0.717) is 19.8 Å². The first kappa shape index (κ1) is 13.9. The van der Waals surface area contributed by atoms with Crippen LogP contribution in [0.1, 0.15) is 24.1 Å². The van der Waals surface area contributed by atoms with Crippen molar-refractivity contribution in [2.45, 2.75) is 19.5 Å². The monoisotopic (exact) mass is 287 g/mol. The summed E-state index contributed by atoms with van der Waals surface area (Å²) in [6.07, 6.45) is 0. The molecular weight excluding hydrogens is 269 g/mol. The number of ether oxygens (including phenoxy) is 2. The molecule has 110 valence electrons. The van der Waals surface area contributed by atoms with Crippen LogP contribution in [0.4, 0.5) is 4.39 Å².